The summed E-state index contributed by atoms with van der Waals surface area (Å²) in [6.07, 6.45) is 2.20. The van der Waals surface area contributed by atoms with Gasteiger partial charge in [0.1, 0.15) is 5.82 Å². The Labute approximate surface area is 124 Å². The topological polar surface area (TPSA) is 32.8 Å². The van der Waals surface area contributed by atoms with Crippen LogP contribution in [0.4, 0.5) is 4.39 Å². The van der Waals surface area contributed by atoms with Gasteiger partial charge in [0.15, 0.2) is 0 Å². The highest BCUT2D eigenvalue weighted by Crippen LogP contribution is 2.28. The normalized spacial score (nSPS) is 19.0. The summed E-state index contributed by atoms with van der Waals surface area (Å²) < 4.78 is 19.1. The average molecular weight is 292 g/mol. The molecule has 0 radical (unpaired) electrons. The molecule has 2 fully saturated rings. The predicted octanol–water partition coefficient (Wildman–Crippen LogP) is 1.65. The summed E-state index contributed by atoms with van der Waals surface area (Å²) >= 11 is 0. The van der Waals surface area contributed by atoms with E-state index in [4.69, 9.17) is 4.74 Å². The number of carbonyl (C=O) groups excluding carboxylic acids is 1. The van der Waals surface area contributed by atoms with Crippen LogP contribution < -0.4 is 0 Å². The average Bonchev–Trinajstić information content (AvgIpc) is 3.34. The summed E-state index contributed by atoms with van der Waals surface area (Å²) in [5, 5.41) is 0. The molecule has 1 heterocycles. The monoisotopic (exact) mass is 292 g/mol. The van der Waals surface area contributed by atoms with Crippen LogP contribution in [0.15, 0.2) is 24.3 Å². The molecular weight excluding hydrogens is 271 g/mol. The number of ether oxygens (including phenoxy) is 1. The smallest absolute Gasteiger partial charge is 0.236 e. The van der Waals surface area contributed by atoms with Gasteiger partial charge in [0.05, 0.1) is 19.8 Å². The molecule has 1 aliphatic carbocycles. The van der Waals surface area contributed by atoms with Crippen molar-refractivity contribution in [1.29, 1.82) is 0 Å². The van der Waals surface area contributed by atoms with Gasteiger partial charge in [-0.2, -0.15) is 0 Å². The van der Waals surface area contributed by atoms with Crippen LogP contribution in [-0.2, 0) is 16.1 Å². The maximum atomic E-state index is 13.8. The van der Waals surface area contributed by atoms with Gasteiger partial charge in [-0.15, -0.1) is 0 Å². The van der Waals surface area contributed by atoms with Crippen molar-refractivity contribution in [2.24, 2.45) is 0 Å². The Bertz CT molecular complexity index is 499. The van der Waals surface area contributed by atoms with Crippen LogP contribution in [0.2, 0.25) is 0 Å². The van der Waals surface area contributed by atoms with Crippen LogP contribution in [0.3, 0.4) is 0 Å². The molecule has 0 atom stereocenters. The van der Waals surface area contributed by atoms with Crippen molar-refractivity contribution in [1.82, 2.24) is 9.80 Å². The molecule has 1 aromatic rings. The van der Waals surface area contributed by atoms with Crippen LogP contribution in [0.25, 0.3) is 0 Å². The summed E-state index contributed by atoms with van der Waals surface area (Å²) in [4.78, 5) is 16.3. The van der Waals surface area contributed by atoms with E-state index in [0.29, 0.717) is 51.0 Å². The van der Waals surface area contributed by atoms with Gasteiger partial charge >= 0.3 is 0 Å². The summed E-state index contributed by atoms with van der Waals surface area (Å²) in [5.74, 6) is -0.0662. The van der Waals surface area contributed by atoms with Crippen molar-refractivity contribution in [3.05, 3.63) is 35.6 Å². The van der Waals surface area contributed by atoms with Crippen LogP contribution in [0, 0.1) is 5.82 Å². The van der Waals surface area contributed by atoms with Gasteiger partial charge in [0.2, 0.25) is 5.91 Å². The lowest BCUT2D eigenvalue weighted by molar-refractivity contribution is -0.136. The second kappa shape index (κ2) is 6.54. The summed E-state index contributed by atoms with van der Waals surface area (Å²) in [6, 6.07) is 7.23. The van der Waals surface area contributed by atoms with E-state index in [1.165, 1.54) is 6.07 Å². The van der Waals surface area contributed by atoms with Gasteiger partial charge in [0.25, 0.3) is 0 Å². The third kappa shape index (κ3) is 3.80. The SMILES string of the molecule is O=C(CN(Cc1ccccc1F)C1CC1)N1CCOCC1. The molecule has 114 valence electrons. The van der Waals surface area contributed by atoms with Crippen LogP contribution in [0.5, 0.6) is 0 Å². The van der Waals surface area contributed by atoms with E-state index >= 15 is 0 Å². The van der Waals surface area contributed by atoms with E-state index in [9.17, 15) is 9.18 Å². The number of morpholine rings is 1. The number of hydrogen-bond acceptors (Lipinski definition) is 3. The number of hydrogen-bond donors (Lipinski definition) is 0. The summed E-state index contributed by atoms with van der Waals surface area (Å²) in [5.41, 5.74) is 0.666. The van der Waals surface area contributed by atoms with Crippen LogP contribution in [-0.4, -0.2) is 54.6 Å². The minimum atomic E-state index is -0.193. The second-order valence-electron chi connectivity index (χ2n) is 5.72. The quantitative estimate of drug-likeness (QED) is 0.827. The Morgan fingerprint density at radius 2 is 2.00 bits per heavy atom. The third-order valence-corrected chi connectivity index (χ3v) is 4.10. The molecule has 0 unspecified atom stereocenters. The van der Waals surface area contributed by atoms with E-state index in [2.05, 4.69) is 4.90 Å². The van der Waals surface area contributed by atoms with Gasteiger partial charge in [-0.25, -0.2) is 4.39 Å². The van der Waals surface area contributed by atoms with Gasteiger partial charge in [-0.05, 0) is 18.9 Å². The van der Waals surface area contributed by atoms with Crippen LogP contribution in [0.1, 0.15) is 18.4 Å². The molecule has 1 saturated carbocycles. The number of amides is 1. The lowest BCUT2D eigenvalue weighted by atomic mass is 10.2. The first-order valence-electron chi connectivity index (χ1n) is 7.57. The largest absolute Gasteiger partial charge is 0.378 e. The fourth-order valence-electron chi connectivity index (χ4n) is 2.69. The Morgan fingerprint density at radius 3 is 2.67 bits per heavy atom. The molecule has 1 aliphatic heterocycles. The second-order valence-corrected chi connectivity index (χ2v) is 5.72. The zero-order valence-electron chi connectivity index (χ0n) is 12.1. The van der Waals surface area contributed by atoms with Gasteiger partial charge in [0, 0.05) is 31.2 Å². The number of rotatable bonds is 5. The van der Waals surface area contributed by atoms with E-state index in [-0.39, 0.29) is 11.7 Å². The number of halogens is 1. The van der Waals surface area contributed by atoms with Crippen molar-refractivity contribution in [2.45, 2.75) is 25.4 Å². The van der Waals surface area contributed by atoms with Crippen molar-refractivity contribution in [3.8, 4) is 0 Å². The molecular formula is C16H21FN2O2. The Morgan fingerprint density at radius 1 is 1.29 bits per heavy atom. The molecule has 2 aliphatic rings. The highest BCUT2D eigenvalue weighted by atomic mass is 19.1. The van der Waals surface area contributed by atoms with E-state index in [1.807, 2.05) is 11.0 Å². The molecule has 21 heavy (non-hydrogen) atoms. The minimum absolute atomic E-state index is 0.126. The standard InChI is InChI=1S/C16H21FN2O2/c17-15-4-2-1-3-13(15)11-19(14-5-6-14)12-16(20)18-7-9-21-10-8-18/h1-4,14H,5-12H2. The van der Waals surface area contributed by atoms with Crippen LogP contribution >= 0.6 is 0 Å². The summed E-state index contributed by atoms with van der Waals surface area (Å²) in [7, 11) is 0. The number of benzene rings is 1. The predicted molar refractivity (Wildman–Crippen MR) is 77.2 cm³/mol. The molecule has 1 saturated heterocycles. The highest BCUT2D eigenvalue weighted by Gasteiger charge is 2.32. The van der Waals surface area contributed by atoms with Crippen molar-refractivity contribution >= 4 is 5.91 Å². The molecule has 0 spiro atoms. The molecule has 3 rings (SSSR count). The Kier molecular flexibility index (Phi) is 4.51. The molecule has 1 aromatic carbocycles. The van der Waals surface area contributed by atoms with Gasteiger partial charge < -0.3 is 9.64 Å². The molecule has 0 N–H and O–H groups in total. The first-order chi connectivity index (χ1) is 10.2. The highest BCUT2D eigenvalue weighted by molar-refractivity contribution is 5.78. The first kappa shape index (κ1) is 14.5. The van der Waals surface area contributed by atoms with Gasteiger partial charge in [-0.1, -0.05) is 18.2 Å². The number of nitrogens with zero attached hydrogens (tertiary/aromatic N) is 2. The van der Waals surface area contributed by atoms with Crippen molar-refractivity contribution in [3.63, 3.8) is 0 Å². The zero-order chi connectivity index (χ0) is 14.7. The van der Waals surface area contributed by atoms with Gasteiger partial charge in [-0.3, -0.25) is 9.69 Å². The van der Waals surface area contributed by atoms with E-state index < -0.39 is 0 Å². The Balaban J connectivity index is 1.62. The molecule has 1 amide bonds. The maximum Gasteiger partial charge on any atom is 0.236 e. The molecule has 0 aromatic heterocycles. The molecule has 5 heteroatoms. The minimum Gasteiger partial charge on any atom is -0.378 e. The van der Waals surface area contributed by atoms with E-state index in [0.717, 1.165) is 12.8 Å². The fourth-order valence-corrected chi connectivity index (χ4v) is 2.69. The fraction of sp³-hybridized carbons (Fsp3) is 0.562. The zero-order valence-corrected chi connectivity index (χ0v) is 12.1. The maximum absolute atomic E-state index is 13.8. The third-order valence-electron chi connectivity index (χ3n) is 4.10. The van der Waals surface area contributed by atoms with Crippen molar-refractivity contribution in [2.75, 3.05) is 32.8 Å². The van der Waals surface area contributed by atoms with Crippen molar-refractivity contribution < 1.29 is 13.9 Å². The van der Waals surface area contributed by atoms with E-state index in [1.54, 1.807) is 12.1 Å². The molecule has 4 nitrogen and oxygen atoms in total. The molecule has 0 bridgehead atoms. The number of carbonyl (C=O) groups is 1. The lowest BCUT2D eigenvalue weighted by Gasteiger charge is -2.30. The first-order valence-corrected chi connectivity index (χ1v) is 7.57. The lowest BCUT2D eigenvalue weighted by Crippen LogP contribution is -2.46. The Hall–Kier alpha value is -1.46. The summed E-state index contributed by atoms with van der Waals surface area (Å²) in [6.45, 7) is 3.44.